The zero-order chi connectivity index (χ0) is 14.7. The third-order valence-corrected chi connectivity index (χ3v) is 3.25. The molecule has 1 heterocycles. The van der Waals surface area contributed by atoms with E-state index in [1.54, 1.807) is 18.2 Å². The normalized spacial score (nSPS) is 10.8. The number of nitrogens with two attached hydrogens (primary N) is 1. The molecule has 3 nitrogen and oxygen atoms in total. The number of rotatable bonds is 5. The molecular weight excluding hydrogens is 253 g/mol. The first-order chi connectivity index (χ1) is 9.58. The van der Waals surface area contributed by atoms with Gasteiger partial charge < -0.3 is 10.3 Å². The van der Waals surface area contributed by atoms with Crippen molar-refractivity contribution < 1.29 is 4.39 Å². The maximum absolute atomic E-state index is 14.0. The Morgan fingerprint density at radius 2 is 2.20 bits per heavy atom. The zero-order valence-electron chi connectivity index (χ0n) is 12.0. The van der Waals surface area contributed by atoms with Gasteiger partial charge >= 0.3 is 0 Å². The number of aryl methyl sites for hydroxylation is 2. The van der Waals surface area contributed by atoms with Crippen molar-refractivity contribution in [1.29, 1.82) is 0 Å². The molecule has 0 atom stereocenters. The third-order valence-electron chi connectivity index (χ3n) is 3.25. The van der Waals surface area contributed by atoms with Crippen molar-refractivity contribution in [2.45, 2.75) is 33.2 Å². The van der Waals surface area contributed by atoms with E-state index in [-0.39, 0.29) is 5.82 Å². The molecule has 2 rings (SSSR count). The first-order valence-electron chi connectivity index (χ1n) is 6.80. The standard InChI is InChI=1S/C16H20FN3/c1-4-6-14-19-15(16(18)20(14)9-5-2)12-10-11(3)7-8-13(12)17/h5,7-8,10H,2,4,6,9,18H2,1,3H3. The van der Waals surface area contributed by atoms with E-state index in [2.05, 4.69) is 18.5 Å². The summed E-state index contributed by atoms with van der Waals surface area (Å²) < 4.78 is 15.9. The zero-order valence-corrected chi connectivity index (χ0v) is 12.0. The average Bonchev–Trinajstić information content (AvgIpc) is 2.71. The van der Waals surface area contributed by atoms with Gasteiger partial charge in [-0.3, -0.25) is 0 Å². The molecule has 1 aromatic carbocycles. The minimum Gasteiger partial charge on any atom is -0.383 e. The number of hydrogen-bond donors (Lipinski definition) is 1. The van der Waals surface area contributed by atoms with Crippen molar-refractivity contribution in [3.8, 4) is 11.3 Å². The predicted octanol–water partition coefficient (Wildman–Crippen LogP) is 3.72. The van der Waals surface area contributed by atoms with E-state index in [1.165, 1.54) is 6.07 Å². The van der Waals surface area contributed by atoms with Crippen LogP contribution in [0.5, 0.6) is 0 Å². The number of aromatic nitrogens is 2. The first kappa shape index (κ1) is 14.3. The molecule has 0 fully saturated rings. The smallest absolute Gasteiger partial charge is 0.132 e. The number of hydrogen-bond acceptors (Lipinski definition) is 2. The molecule has 20 heavy (non-hydrogen) atoms. The van der Waals surface area contributed by atoms with Crippen LogP contribution in [0.25, 0.3) is 11.3 Å². The fraction of sp³-hybridized carbons (Fsp3) is 0.312. The number of nitrogen functional groups attached to an aromatic ring is 1. The summed E-state index contributed by atoms with van der Waals surface area (Å²) in [4.78, 5) is 4.54. The number of imidazole rings is 1. The van der Waals surface area contributed by atoms with Gasteiger partial charge in [-0.1, -0.05) is 24.6 Å². The lowest BCUT2D eigenvalue weighted by atomic mass is 10.1. The summed E-state index contributed by atoms with van der Waals surface area (Å²) >= 11 is 0. The molecular formula is C16H20FN3. The van der Waals surface area contributed by atoms with Gasteiger partial charge in [-0.05, 0) is 25.5 Å². The number of nitrogens with zero attached hydrogens (tertiary/aromatic N) is 2. The molecule has 0 aliphatic heterocycles. The van der Waals surface area contributed by atoms with Crippen LogP contribution < -0.4 is 5.73 Å². The lowest BCUT2D eigenvalue weighted by Gasteiger charge is -2.06. The lowest BCUT2D eigenvalue weighted by Crippen LogP contribution is -2.05. The van der Waals surface area contributed by atoms with Gasteiger partial charge in [-0.15, -0.1) is 6.58 Å². The van der Waals surface area contributed by atoms with Crippen molar-refractivity contribution in [2.24, 2.45) is 0 Å². The third kappa shape index (κ3) is 2.59. The van der Waals surface area contributed by atoms with E-state index in [0.29, 0.717) is 23.6 Å². The van der Waals surface area contributed by atoms with Crippen molar-refractivity contribution >= 4 is 5.82 Å². The Balaban J connectivity index is 2.59. The van der Waals surface area contributed by atoms with Gasteiger partial charge in [0.15, 0.2) is 0 Å². The number of halogens is 1. The van der Waals surface area contributed by atoms with E-state index >= 15 is 0 Å². The Kier molecular flexibility index (Phi) is 4.23. The van der Waals surface area contributed by atoms with Gasteiger partial charge in [0.05, 0.1) is 0 Å². The fourth-order valence-corrected chi connectivity index (χ4v) is 2.28. The molecule has 106 valence electrons. The van der Waals surface area contributed by atoms with Crippen LogP contribution in [0.4, 0.5) is 10.2 Å². The summed E-state index contributed by atoms with van der Waals surface area (Å²) in [6, 6.07) is 4.97. The molecule has 0 amide bonds. The summed E-state index contributed by atoms with van der Waals surface area (Å²) in [5, 5.41) is 0. The summed E-state index contributed by atoms with van der Waals surface area (Å²) in [5.74, 6) is 1.08. The van der Waals surface area contributed by atoms with Gasteiger partial charge in [-0.25, -0.2) is 9.37 Å². The molecule has 2 aromatic rings. The van der Waals surface area contributed by atoms with Crippen molar-refractivity contribution in [2.75, 3.05) is 5.73 Å². The topological polar surface area (TPSA) is 43.8 Å². The Morgan fingerprint density at radius 1 is 1.45 bits per heavy atom. The van der Waals surface area contributed by atoms with Gasteiger partial charge in [0.2, 0.25) is 0 Å². The highest BCUT2D eigenvalue weighted by molar-refractivity contribution is 5.72. The molecule has 0 spiro atoms. The van der Waals surface area contributed by atoms with E-state index in [9.17, 15) is 4.39 Å². The highest BCUT2D eigenvalue weighted by atomic mass is 19.1. The van der Waals surface area contributed by atoms with Gasteiger partial charge in [0.25, 0.3) is 0 Å². The van der Waals surface area contributed by atoms with E-state index < -0.39 is 0 Å². The molecule has 1 aromatic heterocycles. The predicted molar refractivity (Wildman–Crippen MR) is 81.0 cm³/mol. The second-order valence-electron chi connectivity index (χ2n) is 4.89. The van der Waals surface area contributed by atoms with Crippen molar-refractivity contribution in [3.63, 3.8) is 0 Å². The van der Waals surface area contributed by atoms with Crippen LogP contribution in [-0.4, -0.2) is 9.55 Å². The van der Waals surface area contributed by atoms with Crippen LogP contribution in [0, 0.1) is 12.7 Å². The van der Waals surface area contributed by atoms with Gasteiger partial charge in [0, 0.05) is 18.5 Å². The summed E-state index contributed by atoms with van der Waals surface area (Å²) in [6.45, 7) is 8.32. The lowest BCUT2D eigenvalue weighted by molar-refractivity contribution is 0.630. The molecule has 0 saturated heterocycles. The summed E-state index contributed by atoms with van der Waals surface area (Å²) in [5.41, 5.74) is 8.13. The van der Waals surface area contributed by atoms with Crippen LogP contribution in [0.1, 0.15) is 24.7 Å². The van der Waals surface area contributed by atoms with E-state index in [1.807, 2.05) is 11.5 Å². The second-order valence-corrected chi connectivity index (χ2v) is 4.89. The van der Waals surface area contributed by atoms with Crippen molar-refractivity contribution in [3.05, 3.63) is 48.1 Å². The largest absolute Gasteiger partial charge is 0.383 e. The first-order valence-corrected chi connectivity index (χ1v) is 6.80. The monoisotopic (exact) mass is 273 g/mol. The van der Waals surface area contributed by atoms with E-state index in [0.717, 1.165) is 24.2 Å². The minimum atomic E-state index is -0.298. The molecule has 0 aliphatic rings. The summed E-state index contributed by atoms with van der Waals surface area (Å²) in [6.07, 6.45) is 3.54. The molecule has 0 radical (unpaired) electrons. The Morgan fingerprint density at radius 3 is 2.85 bits per heavy atom. The molecule has 2 N–H and O–H groups in total. The maximum Gasteiger partial charge on any atom is 0.132 e. The maximum atomic E-state index is 14.0. The fourth-order valence-electron chi connectivity index (χ4n) is 2.28. The Hall–Kier alpha value is -2.10. The van der Waals surface area contributed by atoms with Crippen LogP contribution >= 0.6 is 0 Å². The average molecular weight is 273 g/mol. The second kappa shape index (κ2) is 5.90. The highest BCUT2D eigenvalue weighted by Crippen LogP contribution is 2.29. The van der Waals surface area contributed by atoms with Crippen LogP contribution in [0.3, 0.4) is 0 Å². The number of benzene rings is 1. The van der Waals surface area contributed by atoms with Crippen LogP contribution in [-0.2, 0) is 13.0 Å². The molecule has 4 heteroatoms. The molecule has 0 unspecified atom stereocenters. The summed E-state index contributed by atoms with van der Waals surface area (Å²) in [7, 11) is 0. The van der Waals surface area contributed by atoms with Crippen LogP contribution in [0.2, 0.25) is 0 Å². The van der Waals surface area contributed by atoms with Crippen LogP contribution in [0.15, 0.2) is 30.9 Å². The number of anilines is 1. The Labute approximate surface area is 118 Å². The van der Waals surface area contributed by atoms with Gasteiger partial charge in [0.1, 0.15) is 23.2 Å². The SMILES string of the molecule is C=CCn1c(CCC)nc(-c2cc(C)ccc2F)c1N. The van der Waals surface area contributed by atoms with E-state index in [4.69, 9.17) is 5.73 Å². The quantitative estimate of drug-likeness (QED) is 0.844. The van der Waals surface area contributed by atoms with Gasteiger partial charge in [-0.2, -0.15) is 0 Å². The minimum absolute atomic E-state index is 0.298. The van der Waals surface area contributed by atoms with Crippen molar-refractivity contribution in [1.82, 2.24) is 9.55 Å². The molecule has 0 saturated carbocycles. The highest BCUT2D eigenvalue weighted by Gasteiger charge is 2.17. The molecule has 0 aliphatic carbocycles. The number of allylic oxidation sites excluding steroid dienone is 1. The Bertz CT molecular complexity index is 629. The molecule has 0 bridgehead atoms.